The van der Waals surface area contributed by atoms with E-state index < -0.39 is 0 Å². The van der Waals surface area contributed by atoms with Gasteiger partial charge in [0.25, 0.3) is 0 Å². The molecule has 2 nitrogen and oxygen atoms in total. The number of hydrogen-bond donors (Lipinski definition) is 1. The first-order valence-corrected chi connectivity index (χ1v) is 7.63. The van der Waals surface area contributed by atoms with Crippen LogP contribution in [-0.2, 0) is 12.8 Å². The van der Waals surface area contributed by atoms with E-state index in [-0.39, 0.29) is 5.54 Å². The van der Waals surface area contributed by atoms with Crippen LogP contribution in [0.5, 0.6) is 0 Å². The molecule has 0 aliphatic heterocycles. The van der Waals surface area contributed by atoms with Gasteiger partial charge in [0.1, 0.15) is 0 Å². The van der Waals surface area contributed by atoms with Crippen molar-refractivity contribution in [3.8, 4) is 0 Å². The Morgan fingerprint density at radius 1 is 1.26 bits per heavy atom. The Bertz CT molecular complexity index is 413. The summed E-state index contributed by atoms with van der Waals surface area (Å²) in [4.78, 5) is 2.62. The smallest absolute Gasteiger partial charge is 0.0375 e. The fourth-order valence-corrected chi connectivity index (χ4v) is 3.46. The average Bonchev–Trinajstić information content (AvgIpc) is 2.44. The van der Waals surface area contributed by atoms with Crippen LogP contribution >= 0.6 is 0 Å². The highest BCUT2D eigenvalue weighted by Gasteiger charge is 2.37. The molecule has 1 aliphatic rings. The van der Waals surface area contributed by atoms with E-state index >= 15 is 0 Å². The molecule has 1 unspecified atom stereocenters. The van der Waals surface area contributed by atoms with E-state index in [0.717, 1.165) is 26.1 Å². The Balaban J connectivity index is 2.24. The highest BCUT2D eigenvalue weighted by Crippen LogP contribution is 2.33. The molecule has 0 fully saturated rings. The molecule has 0 spiro atoms. The lowest BCUT2D eigenvalue weighted by molar-refractivity contribution is 0.0726. The summed E-state index contributed by atoms with van der Waals surface area (Å²) in [6.07, 6.45) is 3.48. The van der Waals surface area contributed by atoms with Crippen LogP contribution in [0.2, 0.25) is 0 Å². The predicted molar refractivity (Wildman–Crippen MR) is 82.3 cm³/mol. The van der Waals surface area contributed by atoms with Crippen molar-refractivity contribution in [2.24, 2.45) is 11.7 Å². The standard InChI is InChI=1S/C17H28N2/c1-4-19(12-14(2)3)17(13-18)10-9-15-7-5-6-8-16(15)11-17/h5-8,14H,4,9-13,18H2,1-3H3. The van der Waals surface area contributed by atoms with Crippen molar-refractivity contribution in [1.82, 2.24) is 4.90 Å². The average molecular weight is 260 g/mol. The van der Waals surface area contributed by atoms with Gasteiger partial charge in [-0.2, -0.15) is 0 Å². The van der Waals surface area contributed by atoms with Crippen LogP contribution in [0, 0.1) is 5.92 Å². The van der Waals surface area contributed by atoms with E-state index in [1.165, 1.54) is 24.0 Å². The predicted octanol–water partition coefficient (Wildman–Crippen LogP) is 2.85. The van der Waals surface area contributed by atoms with Gasteiger partial charge in [0, 0.05) is 18.6 Å². The summed E-state index contributed by atoms with van der Waals surface area (Å²) in [6.45, 7) is 9.86. The van der Waals surface area contributed by atoms with E-state index in [4.69, 9.17) is 5.73 Å². The van der Waals surface area contributed by atoms with Gasteiger partial charge in [-0.25, -0.2) is 0 Å². The fraction of sp³-hybridized carbons (Fsp3) is 0.647. The second-order valence-electron chi connectivity index (χ2n) is 6.31. The summed E-state index contributed by atoms with van der Waals surface area (Å²) in [5, 5.41) is 0. The molecule has 2 heteroatoms. The van der Waals surface area contributed by atoms with Crippen molar-refractivity contribution in [3.05, 3.63) is 35.4 Å². The molecule has 0 saturated carbocycles. The van der Waals surface area contributed by atoms with Crippen molar-refractivity contribution in [2.75, 3.05) is 19.6 Å². The Kier molecular flexibility index (Phi) is 4.64. The number of benzene rings is 1. The van der Waals surface area contributed by atoms with Crippen molar-refractivity contribution in [3.63, 3.8) is 0 Å². The van der Waals surface area contributed by atoms with Crippen molar-refractivity contribution in [1.29, 1.82) is 0 Å². The molecule has 0 bridgehead atoms. The van der Waals surface area contributed by atoms with Gasteiger partial charge in [-0.1, -0.05) is 45.0 Å². The molecular weight excluding hydrogens is 232 g/mol. The molecule has 1 aliphatic carbocycles. The third kappa shape index (κ3) is 3.01. The minimum atomic E-state index is 0.174. The van der Waals surface area contributed by atoms with Crippen LogP contribution in [0.3, 0.4) is 0 Å². The second-order valence-corrected chi connectivity index (χ2v) is 6.31. The van der Waals surface area contributed by atoms with Gasteiger partial charge < -0.3 is 5.73 Å². The van der Waals surface area contributed by atoms with E-state index in [1.807, 2.05) is 0 Å². The number of aryl methyl sites for hydroxylation is 1. The molecule has 106 valence electrons. The Hall–Kier alpha value is -0.860. The lowest BCUT2D eigenvalue weighted by Gasteiger charge is -2.47. The second kappa shape index (κ2) is 6.06. The lowest BCUT2D eigenvalue weighted by Crippen LogP contribution is -2.58. The molecule has 1 atom stereocenters. The van der Waals surface area contributed by atoms with E-state index in [9.17, 15) is 0 Å². The zero-order valence-corrected chi connectivity index (χ0v) is 12.7. The molecule has 2 rings (SSSR count). The topological polar surface area (TPSA) is 29.3 Å². The summed E-state index contributed by atoms with van der Waals surface area (Å²) in [6, 6.07) is 8.86. The van der Waals surface area contributed by atoms with E-state index in [0.29, 0.717) is 5.92 Å². The van der Waals surface area contributed by atoms with Gasteiger partial charge in [0.05, 0.1) is 0 Å². The molecule has 19 heavy (non-hydrogen) atoms. The van der Waals surface area contributed by atoms with Crippen LogP contribution in [0.25, 0.3) is 0 Å². The minimum Gasteiger partial charge on any atom is -0.329 e. The first-order valence-electron chi connectivity index (χ1n) is 7.63. The Labute approximate surface area is 118 Å². The number of rotatable bonds is 5. The van der Waals surface area contributed by atoms with Gasteiger partial charge in [0.2, 0.25) is 0 Å². The Morgan fingerprint density at radius 3 is 2.53 bits per heavy atom. The molecule has 0 amide bonds. The third-order valence-electron chi connectivity index (χ3n) is 4.52. The summed E-state index contributed by atoms with van der Waals surface area (Å²) >= 11 is 0. The zero-order valence-electron chi connectivity index (χ0n) is 12.7. The van der Waals surface area contributed by atoms with Gasteiger partial charge in [-0.05, 0) is 42.9 Å². The first-order chi connectivity index (χ1) is 9.11. The summed E-state index contributed by atoms with van der Waals surface area (Å²) in [5.74, 6) is 0.695. The van der Waals surface area contributed by atoms with E-state index in [1.54, 1.807) is 0 Å². The highest BCUT2D eigenvalue weighted by molar-refractivity contribution is 5.32. The van der Waals surface area contributed by atoms with Crippen molar-refractivity contribution in [2.45, 2.75) is 45.6 Å². The van der Waals surface area contributed by atoms with Crippen LogP contribution in [0.4, 0.5) is 0 Å². The molecule has 0 heterocycles. The number of hydrogen-bond acceptors (Lipinski definition) is 2. The quantitative estimate of drug-likeness (QED) is 0.882. The fourth-order valence-electron chi connectivity index (χ4n) is 3.46. The number of nitrogens with two attached hydrogens (primary N) is 1. The molecular formula is C17H28N2. The minimum absolute atomic E-state index is 0.174. The summed E-state index contributed by atoms with van der Waals surface area (Å²) in [5.41, 5.74) is 9.40. The third-order valence-corrected chi connectivity index (χ3v) is 4.52. The molecule has 0 radical (unpaired) electrons. The molecule has 1 aromatic carbocycles. The number of likely N-dealkylation sites (N-methyl/N-ethyl adjacent to an activating group) is 1. The van der Waals surface area contributed by atoms with Gasteiger partial charge in [0.15, 0.2) is 0 Å². The highest BCUT2D eigenvalue weighted by atomic mass is 15.2. The van der Waals surface area contributed by atoms with Crippen LogP contribution in [0.15, 0.2) is 24.3 Å². The van der Waals surface area contributed by atoms with Gasteiger partial charge in [-0.15, -0.1) is 0 Å². The number of nitrogens with zero attached hydrogens (tertiary/aromatic N) is 1. The SMILES string of the molecule is CCN(CC(C)C)C1(CN)CCc2ccccc2C1. The maximum Gasteiger partial charge on any atom is 0.0375 e. The maximum atomic E-state index is 6.21. The number of fused-ring (bicyclic) bond motifs is 1. The molecule has 0 aromatic heterocycles. The summed E-state index contributed by atoms with van der Waals surface area (Å²) < 4.78 is 0. The first kappa shape index (κ1) is 14.5. The molecule has 1 aromatic rings. The van der Waals surface area contributed by atoms with Crippen molar-refractivity contribution >= 4 is 0 Å². The van der Waals surface area contributed by atoms with Crippen molar-refractivity contribution < 1.29 is 0 Å². The Morgan fingerprint density at radius 2 is 1.95 bits per heavy atom. The lowest BCUT2D eigenvalue weighted by atomic mass is 9.76. The maximum absolute atomic E-state index is 6.21. The van der Waals surface area contributed by atoms with E-state index in [2.05, 4.69) is 49.9 Å². The monoisotopic (exact) mass is 260 g/mol. The van der Waals surface area contributed by atoms with Gasteiger partial charge in [-0.3, -0.25) is 4.90 Å². The largest absolute Gasteiger partial charge is 0.329 e. The van der Waals surface area contributed by atoms with Crippen LogP contribution < -0.4 is 5.73 Å². The van der Waals surface area contributed by atoms with Crippen LogP contribution in [-0.4, -0.2) is 30.1 Å². The summed E-state index contributed by atoms with van der Waals surface area (Å²) in [7, 11) is 0. The molecule has 2 N–H and O–H groups in total. The molecule has 0 saturated heterocycles. The van der Waals surface area contributed by atoms with Gasteiger partial charge >= 0.3 is 0 Å². The zero-order chi connectivity index (χ0) is 13.9. The van der Waals surface area contributed by atoms with Crippen LogP contribution in [0.1, 0.15) is 38.3 Å². The normalized spacial score (nSPS) is 22.8.